The van der Waals surface area contributed by atoms with Gasteiger partial charge >= 0.3 is 6.18 Å². The van der Waals surface area contributed by atoms with Gasteiger partial charge in [0.15, 0.2) is 0 Å². The van der Waals surface area contributed by atoms with Gasteiger partial charge in [0, 0.05) is 45.8 Å². The largest absolute Gasteiger partial charge is 0.405 e. The van der Waals surface area contributed by atoms with Crippen LogP contribution in [0.3, 0.4) is 0 Å². The van der Waals surface area contributed by atoms with E-state index in [0.29, 0.717) is 38.7 Å². The van der Waals surface area contributed by atoms with Crippen molar-refractivity contribution in [3.05, 3.63) is 0 Å². The van der Waals surface area contributed by atoms with Crippen LogP contribution in [0.25, 0.3) is 0 Å². The summed E-state index contributed by atoms with van der Waals surface area (Å²) in [4.78, 5) is 13.0. The van der Waals surface area contributed by atoms with Gasteiger partial charge in [-0.25, -0.2) is 0 Å². The van der Waals surface area contributed by atoms with E-state index in [1.54, 1.807) is 0 Å². The van der Waals surface area contributed by atoms with Crippen molar-refractivity contribution in [3.8, 4) is 0 Å². The van der Waals surface area contributed by atoms with E-state index >= 15 is 0 Å². The van der Waals surface area contributed by atoms with Crippen LogP contribution < -0.4 is 10.6 Å². The summed E-state index contributed by atoms with van der Waals surface area (Å²) in [7, 11) is 0. The molecule has 1 saturated heterocycles. The first kappa shape index (κ1) is 19.2. The molecule has 1 atom stereocenters. The average Bonchev–Trinajstić information content (AvgIpc) is 2.43. The molecule has 0 saturated carbocycles. The number of alkyl halides is 3. The van der Waals surface area contributed by atoms with Gasteiger partial charge in [0.05, 0.1) is 6.61 Å². The first-order chi connectivity index (χ1) is 10.3. The van der Waals surface area contributed by atoms with E-state index in [0.717, 1.165) is 0 Å². The Morgan fingerprint density at radius 1 is 1.32 bits per heavy atom. The smallest absolute Gasteiger partial charge is 0.381 e. The first-order valence-corrected chi connectivity index (χ1v) is 7.66. The third kappa shape index (κ3) is 7.42. The van der Waals surface area contributed by atoms with Crippen molar-refractivity contribution in [2.75, 3.05) is 45.9 Å². The van der Waals surface area contributed by atoms with Gasteiger partial charge in [-0.15, -0.1) is 0 Å². The van der Waals surface area contributed by atoms with Crippen molar-refractivity contribution in [2.45, 2.75) is 32.5 Å². The summed E-state index contributed by atoms with van der Waals surface area (Å²) >= 11 is 0. The Bertz CT molecular complexity index is 332. The molecule has 1 unspecified atom stereocenters. The summed E-state index contributed by atoms with van der Waals surface area (Å²) in [6.45, 7) is 6.06. The van der Waals surface area contributed by atoms with Gasteiger partial charge < -0.3 is 15.4 Å². The predicted molar refractivity (Wildman–Crippen MR) is 77.6 cm³/mol. The van der Waals surface area contributed by atoms with E-state index in [9.17, 15) is 18.0 Å². The maximum absolute atomic E-state index is 13.1. The Morgan fingerprint density at radius 3 is 2.50 bits per heavy atom. The van der Waals surface area contributed by atoms with E-state index in [1.807, 2.05) is 13.8 Å². The van der Waals surface area contributed by atoms with Gasteiger partial charge in [-0.05, 0) is 5.92 Å². The monoisotopic (exact) mass is 325 g/mol. The summed E-state index contributed by atoms with van der Waals surface area (Å²) in [5.74, 6) is -0.0430. The van der Waals surface area contributed by atoms with Crippen molar-refractivity contribution >= 4 is 5.91 Å². The highest BCUT2D eigenvalue weighted by molar-refractivity contribution is 5.75. The first-order valence-electron chi connectivity index (χ1n) is 7.66. The number of nitrogens with one attached hydrogen (secondary N) is 2. The Labute approximate surface area is 129 Å². The van der Waals surface area contributed by atoms with Crippen LogP contribution in [0.2, 0.25) is 0 Å². The summed E-state index contributed by atoms with van der Waals surface area (Å²) in [6, 6.07) is -1.63. The molecule has 8 heteroatoms. The van der Waals surface area contributed by atoms with Crippen molar-refractivity contribution in [1.82, 2.24) is 15.5 Å². The van der Waals surface area contributed by atoms with Crippen LogP contribution in [0.5, 0.6) is 0 Å². The third-order valence-electron chi connectivity index (χ3n) is 3.39. The van der Waals surface area contributed by atoms with E-state index in [-0.39, 0.29) is 13.0 Å². The molecule has 1 rings (SSSR count). The molecule has 0 aromatic heterocycles. The lowest BCUT2D eigenvalue weighted by atomic mass is 10.2. The van der Waals surface area contributed by atoms with E-state index in [2.05, 4.69) is 10.6 Å². The number of amides is 1. The second-order valence-corrected chi connectivity index (χ2v) is 5.87. The molecule has 1 aliphatic heterocycles. The van der Waals surface area contributed by atoms with Crippen LogP contribution in [0, 0.1) is 5.92 Å². The third-order valence-corrected chi connectivity index (χ3v) is 3.39. The topological polar surface area (TPSA) is 53.6 Å². The van der Waals surface area contributed by atoms with Crippen molar-refractivity contribution in [1.29, 1.82) is 0 Å². The van der Waals surface area contributed by atoms with E-state index in [1.165, 1.54) is 4.90 Å². The van der Waals surface area contributed by atoms with Gasteiger partial charge in [0.2, 0.25) is 5.91 Å². The summed E-state index contributed by atoms with van der Waals surface area (Å²) in [5.41, 5.74) is 0. The molecule has 0 aliphatic carbocycles. The van der Waals surface area contributed by atoms with Gasteiger partial charge in [-0.3, -0.25) is 9.69 Å². The van der Waals surface area contributed by atoms with Crippen LogP contribution in [-0.2, 0) is 9.53 Å². The zero-order valence-electron chi connectivity index (χ0n) is 13.2. The van der Waals surface area contributed by atoms with Crippen molar-refractivity contribution < 1.29 is 22.7 Å². The minimum atomic E-state index is -4.35. The van der Waals surface area contributed by atoms with Crippen LogP contribution in [0.15, 0.2) is 0 Å². The van der Waals surface area contributed by atoms with E-state index < -0.39 is 24.7 Å². The highest BCUT2D eigenvalue weighted by Crippen LogP contribution is 2.24. The summed E-state index contributed by atoms with van der Waals surface area (Å²) in [5, 5.41) is 5.39. The highest BCUT2D eigenvalue weighted by Gasteiger charge is 2.43. The molecule has 0 radical (unpaired) electrons. The predicted octanol–water partition coefficient (Wildman–Crippen LogP) is 1.00. The fraction of sp³-hybridized carbons (Fsp3) is 0.929. The zero-order valence-corrected chi connectivity index (χ0v) is 13.2. The molecule has 1 fully saturated rings. The molecular weight excluding hydrogens is 299 g/mol. The Hall–Kier alpha value is -0.860. The van der Waals surface area contributed by atoms with Crippen LogP contribution in [-0.4, -0.2) is 69.0 Å². The lowest BCUT2D eigenvalue weighted by Gasteiger charge is -2.35. The van der Waals surface area contributed by atoms with Crippen molar-refractivity contribution in [3.63, 3.8) is 0 Å². The Kier molecular flexibility index (Phi) is 8.13. The number of carbonyl (C=O) groups excluding carboxylic acids is 1. The maximum atomic E-state index is 13.1. The molecule has 130 valence electrons. The minimum absolute atomic E-state index is 0.0822. The van der Waals surface area contributed by atoms with Gasteiger partial charge in [-0.1, -0.05) is 13.8 Å². The molecule has 5 nitrogen and oxygen atoms in total. The molecule has 0 aromatic carbocycles. The quantitative estimate of drug-likeness (QED) is 0.654. The molecule has 22 heavy (non-hydrogen) atoms. The molecule has 1 heterocycles. The van der Waals surface area contributed by atoms with Gasteiger partial charge in [-0.2, -0.15) is 13.2 Å². The van der Waals surface area contributed by atoms with Crippen molar-refractivity contribution in [2.24, 2.45) is 5.92 Å². The summed E-state index contributed by atoms with van der Waals surface area (Å²) in [6.07, 6.45) is -4.27. The molecule has 0 bridgehead atoms. The SMILES string of the molecule is CC(C)COCCC(=O)NCC(N1CCNCC1)C(F)(F)F. The second kappa shape index (κ2) is 9.32. The molecule has 2 N–H and O–H groups in total. The molecule has 1 amide bonds. The number of hydrogen-bond acceptors (Lipinski definition) is 4. The van der Waals surface area contributed by atoms with Gasteiger partial charge in [0.25, 0.3) is 0 Å². The van der Waals surface area contributed by atoms with Crippen LogP contribution in [0.1, 0.15) is 20.3 Å². The average molecular weight is 325 g/mol. The molecule has 0 aromatic rings. The standard InChI is InChI=1S/C14H26F3N3O2/c1-11(2)10-22-8-3-13(21)19-9-12(14(15,16)17)20-6-4-18-5-7-20/h11-12,18H,3-10H2,1-2H3,(H,19,21). The second-order valence-electron chi connectivity index (χ2n) is 5.87. The lowest BCUT2D eigenvalue weighted by Crippen LogP contribution is -2.57. The number of piperazine rings is 1. The highest BCUT2D eigenvalue weighted by atomic mass is 19.4. The minimum Gasteiger partial charge on any atom is -0.381 e. The van der Waals surface area contributed by atoms with Gasteiger partial charge in [0.1, 0.15) is 6.04 Å². The number of hydrogen-bond donors (Lipinski definition) is 2. The number of ether oxygens (including phenoxy) is 1. The summed E-state index contributed by atoms with van der Waals surface area (Å²) < 4.78 is 44.6. The zero-order chi connectivity index (χ0) is 16.6. The number of halogens is 3. The number of nitrogens with zero attached hydrogens (tertiary/aromatic N) is 1. The fourth-order valence-electron chi connectivity index (χ4n) is 2.23. The molecule has 0 spiro atoms. The molecular formula is C14H26F3N3O2. The number of rotatable bonds is 8. The normalized spacial score (nSPS) is 18.5. The Balaban J connectivity index is 2.35. The number of carbonyl (C=O) groups is 1. The van der Waals surface area contributed by atoms with E-state index in [4.69, 9.17) is 4.74 Å². The Morgan fingerprint density at radius 2 is 1.95 bits per heavy atom. The molecule has 1 aliphatic rings. The fourth-order valence-corrected chi connectivity index (χ4v) is 2.23. The van der Waals surface area contributed by atoms with Crippen LogP contribution in [0.4, 0.5) is 13.2 Å². The maximum Gasteiger partial charge on any atom is 0.405 e. The lowest BCUT2D eigenvalue weighted by molar-refractivity contribution is -0.184. The van der Waals surface area contributed by atoms with Crippen LogP contribution >= 0.6 is 0 Å².